The Bertz CT molecular complexity index is 996. The molecule has 7 heteroatoms. The van der Waals surface area contributed by atoms with Gasteiger partial charge in [-0.25, -0.2) is 9.40 Å². The van der Waals surface area contributed by atoms with Gasteiger partial charge in [0.05, 0.1) is 11.4 Å². The molecule has 0 bridgehead atoms. The summed E-state index contributed by atoms with van der Waals surface area (Å²) >= 11 is 6.21. The van der Waals surface area contributed by atoms with Crippen LogP contribution in [0.3, 0.4) is 0 Å². The van der Waals surface area contributed by atoms with E-state index in [0.29, 0.717) is 18.2 Å². The molecule has 1 heterocycles. The smallest absolute Gasteiger partial charge is 0.248 e. The average molecular weight is 474 g/mol. The number of amides is 1. The molecule has 2 atom stereocenters. The van der Waals surface area contributed by atoms with E-state index in [0.717, 1.165) is 48.2 Å². The summed E-state index contributed by atoms with van der Waals surface area (Å²) in [4.78, 5) is 13.7. The van der Waals surface area contributed by atoms with Crippen LogP contribution in [0.2, 0.25) is 5.02 Å². The number of unbranched alkanes of at least 4 members (excludes halogenated alkanes) is 1. The molecule has 1 N–H and O–H groups in total. The predicted molar refractivity (Wildman–Crippen MR) is 133 cm³/mol. The number of anilines is 1. The number of aryl methyl sites for hydroxylation is 1. The summed E-state index contributed by atoms with van der Waals surface area (Å²) in [6.07, 6.45) is 3.46. The lowest BCUT2D eigenvalue weighted by Crippen LogP contribution is -2.58. The van der Waals surface area contributed by atoms with Crippen molar-refractivity contribution in [2.75, 3.05) is 25.3 Å². The normalized spacial score (nSPS) is 20.1. The fraction of sp³-hybridized carbons (Fsp3) is 0.462. The molecule has 0 saturated carbocycles. The van der Waals surface area contributed by atoms with Gasteiger partial charge < -0.3 is 10.1 Å². The van der Waals surface area contributed by atoms with Crippen molar-refractivity contribution in [3.8, 4) is 0 Å². The van der Waals surface area contributed by atoms with Crippen LogP contribution in [-0.4, -0.2) is 37.4 Å². The number of carbonyl (C=O) groups is 1. The van der Waals surface area contributed by atoms with Crippen molar-refractivity contribution in [3.05, 3.63) is 64.4 Å². The van der Waals surface area contributed by atoms with Gasteiger partial charge in [0.2, 0.25) is 5.91 Å². The monoisotopic (exact) mass is 473 g/mol. The quantitative estimate of drug-likeness (QED) is 0.448. The zero-order chi connectivity index (χ0) is 24.0. The van der Waals surface area contributed by atoms with Gasteiger partial charge in [0, 0.05) is 31.2 Å². The molecule has 2 aromatic rings. The highest BCUT2D eigenvalue weighted by Gasteiger charge is 2.53. The summed E-state index contributed by atoms with van der Waals surface area (Å²) in [5.74, 6) is -0.554. The highest BCUT2D eigenvalue weighted by atomic mass is 35.5. The molecular weight excluding hydrogens is 441 g/mol. The number of halogens is 2. The Morgan fingerprint density at radius 3 is 2.61 bits per heavy atom. The molecule has 0 saturated heterocycles. The van der Waals surface area contributed by atoms with E-state index in [1.54, 1.807) is 19.2 Å². The van der Waals surface area contributed by atoms with Gasteiger partial charge in [-0.05, 0) is 68.1 Å². The summed E-state index contributed by atoms with van der Waals surface area (Å²) in [6, 6.07) is 11.9. The number of carbonyl (C=O) groups excluding carboxylic acids is 1. The zero-order valence-corrected chi connectivity index (χ0v) is 20.6. The molecule has 3 rings (SSSR count). The molecule has 5 nitrogen and oxygen atoms in total. The molecule has 0 aliphatic carbocycles. The predicted octanol–water partition coefficient (Wildman–Crippen LogP) is 5.73. The zero-order valence-electron chi connectivity index (χ0n) is 19.8. The van der Waals surface area contributed by atoms with E-state index in [1.165, 1.54) is 12.1 Å². The number of nitrogens with one attached hydrogen (secondary N) is 1. The van der Waals surface area contributed by atoms with Gasteiger partial charge >= 0.3 is 0 Å². The summed E-state index contributed by atoms with van der Waals surface area (Å²) in [5, 5.41) is 10.6. The minimum Gasteiger partial charge on any atom is -0.385 e. The molecule has 2 aromatic carbocycles. The molecule has 178 valence electrons. The Kier molecular flexibility index (Phi) is 8.49. The Labute approximate surface area is 201 Å². The minimum absolute atomic E-state index is 0.0880. The highest BCUT2D eigenvalue weighted by molar-refractivity contribution is 6.30. The molecule has 2 unspecified atom stereocenters. The van der Waals surface area contributed by atoms with Gasteiger partial charge in [0.15, 0.2) is 0 Å². The Balaban J connectivity index is 2.09. The second-order valence-electron chi connectivity index (χ2n) is 8.68. The number of benzene rings is 2. The molecule has 0 fully saturated rings. The van der Waals surface area contributed by atoms with Crippen molar-refractivity contribution in [1.29, 1.82) is 0 Å². The third kappa shape index (κ3) is 5.39. The first kappa shape index (κ1) is 25.2. The fourth-order valence-corrected chi connectivity index (χ4v) is 4.64. The molecule has 1 aliphatic rings. The minimum atomic E-state index is -0.954. The standard InChI is InChI=1S/C26H33ClFN3O2/c1-5-6-8-22-24(19-9-12-21(28)13-10-19)30-31(23-14-11-20(27)17-18(23)2)26(22,3)25(32)29-15-7-16-33-4/h9-14,17,22H,5-8,15-16H2,1-4H3,(H,29,32). The number of hydrazone groups is 1. The van der Waals surface area contributed by atoms with E-state index in [2.05, 4.69) is 12.2 Å². The van der Waals surface area contributed by atoms with Crippen molar-refractivity contribution in [2.24, 2.45) is 11.0 Å². The van der Waals surface area contributed by atoms with Gasteiger partial charge in [-0.1, -0.05) is 43.5 Å². The first-order chi connectivity index (χ1) is 15.8. The van der Waals surface area contributed by atoms with E-state index in [9.17, 15) is 9.18 Å². The summed E-state index contributed by atoms with van der Waals surface area (Å²) in [7, 11) is 1.65. The van der Waals surface area contributed by atoms with Gasteiger partial charge in [0.25, 0.3) is 0 Å². The maximum atomic E-state index is 13.7. The van der Waals surface area contributed by atoms with Crippen LogP contribution in [0.1, 0.15) is 50.7 Å². The topological polar surface area (TPSA) is 53.9 Å². The lowest BCUT2D eigenvalue weighted by Gasteiger charge is -2.38. The number of methoxy groups -OCH3 is 1. The average Bonchev–Trinajstić information content (AvgIpc) is 3.09. The van der Waals surface area contributed by atoms with E-state index < -0.39 is 5.54 Å². The molecule has 0 radical (unpaired) electrons. The fourth-order valence-electron chi connectivity index (χ4n) is 4.41. The van der Waals surface area contributed by atoms with Crippen molar-refractivity contribution in [3.63, 3.8) is 0 Å². The maximum Gasteiger partial charge on any atom is 0.248 e. The summed E-state index contributed by atoms with van der Waals surface area (Å²) in [6.45, 7) is 7.14. The van der Waals surface area contributed by atoms with E-state index in [4.69, 9.17) is 21.4 Å². The van der Waals surface area contributed by atoms with Crippen LogP contribution >= 0.6 is 11.6 Å². The first-order valence-corrected chi connectivity index (χ1v) is 11.9. The third-order valence-electron chi connectivity index (χ3n) is 6.30. The largest absolute Gasteiger partial charge is 0.385 e. The third-order valence-corrected chi connectivity index (χ3v) is 6.54. The molecule has 0 spiro atoms. The molecular formula is C26H33ClFN3O2. The Morgan fingerprint density at radius 2 is 1.97 bits per heavy atom. The first-order valence-electron chi connectivity index (χ1n) is 11.5. The lowest BCUT2D eigenvalue weighted by molar-refractivity contribution is -0.126. The summed E-state index contributed by atoms with van der Waals surface area (Å²) < 4.78 is 18.8. The van der Waals surface area contributed by atoms with Crippen LogP contribution in [0.4, 0.5) is 10.1 Å². The lowest BCUT2D eigenvalue weighted by atomic mass is 9.76. The van der Waals surface area contributed by atoms with E-state index >= 15 is 0 Å². The van der Waals surface area contributed by atoms with Gasteiger partial charge in [0.1, 0.15) is 11.4 Å². The van der Waals surface area contributed by atoms with Crippen molar-refractivity contribution in [2.45, 2.75) is 52.0 Å². The van der Waals surface area contributed by atoms with Gasteiger partial charge in [-0.3, -0.25) is 4.79 Å². The Hall–Kier alpha value is -2.44. The van der Waals surface area contributed by atoms with Crippen LogP contribution in [0, 0.1) is 18.7 Å². The number of rotatable bonds is 10. The van der Waals surface area contributed by atoms with Crippen molar-refractivity contribution in [1.82, 2.24) is 5.32 Å². The SMILES string of the molecule is CCCCC1C(c2ccc(F)cc2)=NN(c2ccc(Cl)cc2C)C1(C)C(=O)NCCCOC. The van der Waals surface area contributed by atoms with Gasteiger partial charge in [-0.2, -0.15) is 5.10 Å². The van der Waals surface area contributed by atoms with E-state index in [1.807, 2.05) is 37.1 Å². The van der Waals surface area contributed by atoms with Crippen LogP contribution in [0.15, 0.2) is 47.6 Å². The second kappa shape index (κ2) is 11.1. The van der Waals surface area contributed by atoms with Crippen molar-refractivity contribution >= 4 is 28.9 Å². The number of hydrogen-bond donors (Lipinski definition) is 1. The molecule has 0 aromatic heterocycles. The van der Waals surface area contributed by atoms with Crippen LogP contribution < -0.4 is 10.3 Å². The highest BCUT2D eigenvalue weighted by Crippen LogP contribution is 2.43. The number of ether oxygens (including phenoxy) is 1. The van der Waals surface area contributed by atoms with Crippen LogP contribution in [0.5, 0.6) is 0 Å². The van der Waals surface area contributed by atoms with Crippen LogP contribution in [0.25, 0.3) is 0 Å². The second-order valence-corrected chi connectivity index (χ2v) is 9.12. The summed E-state index contributed by atoms with van der Waals surface area (Å²) in [5.41, 5.74) is 2.43. The number of hydrogen-bond acceptors (Lipinski definition) is 4. The molecule has 33 heavy (non-hydrogen) atoms. The number of nitrogens with zero attached hydrogens (tertiary/aromatic N) is 2. The van der Waals surface area contributed by atoms with E-state index in [-0.39, 0.29) is 17.6 Å². The maximum absolute atomic E-state index is 13.7. The molecule has 1 amide bonds. The molecule has 1 aliphatic heterocycles. The van der Waals surface area contributed by atoms with Gasteiger partial charge in [-0.15, -0.1) is 0 Å². The Morgan fingerprint density at radius 1 is 1.24 bits per heavy atom. The van der Waals surface area contributed by atoms with Crippen LogP contribution in [-0.2, 0) is 9.53 Å². The van der Waals surface area contributed by atoms with Crippen molar-refractivity contribution < 1.29 is 13.9 Å².